The predicted octanol–water partition coefficient (Wildman–Crippen LogP) is 1.68. The fourth-order valence-electron chi connectivity index (χ4n) is 3.50. The second-order valence-corrected chi connectivity index (χ2v) is 6.01. The summed E-state index contributed by atoms with van der Waals surface area (Å²) in [6.45, 7) is 2.79. The molecule has 0 aromatic carbocycles. The summed E-state index contributed by atoms with van der Waals surface area (Å²) in [5, 5.41) is 7.26. The maximum absolute atomic E-state index is 12.7. The molecule has 1 fully saturated rings. The minimum atomic E-state index is -4.19. The highest BCUT2D eigenvalue weighted by molar-refractivity contribution is 6.14. The average molecular weight is 338 g/mol. The van der Waals surface area contributed by atoms with Gasteiger partial charge in [-0.05, 0) is 6.92 Å². The van der Waals surface area contributed by atoms with Crippen LogP contribution in [0.25, 0.3) is 0 Å². The van der Waals surface area contributed by atoms with Crippen molar-refractivity contribution in [1.82, 2.24) is 15.2 Å². The molecule has 3 aliphatic rings. The van der Waals surface area contributed by atoms with E-state index >= 15 is 0 Å². The molecular formula is C12H17ClF3N6+. The Morgan fingerprint density at radius 3 is 3.00 bits per heavy atom. The summed E-state index contributed by atoms with van der Waals surface area (Å²) in [5.74, 6) is -0.896. The van der Waals surface area contributed by atoms with Crippen LogP contribution in [0.3, 0.4) is 0 Å². The van der Waals surface area contributed by atoms with E-state index in [4.69, 9.17) is 11.8 Å². The lowest BCUT2D eigenvalue weighted by Crippen LogP contribution is -2.81. The van der Waals surface area contributed by atoms with E-state index in [0.29, 0.717) is 18.8 Å². The summed E-state index contributed by atoms with van der Waals surface area (Å²) in [4.78, 5) is 4.03. The van der Waals surface area contributed by atoms with Crippen molar-refractivity contribution in [3.63, 3.8) is 0 Å². The van der Waals surface area contributed by atoms with Crippen LogP contribution in [-0.2, 0) is 0 Å². The van der Waals surface area contributed by atoms with Crippen molar-refractivity contribution >= 4 is 24.5 Å². The Kier molecular flexibility index (Phi) is 3.52. The molecule has 0 saturated carbocycles. The number of piperazine rings is 1. The summed E-state index contributed by atoms with van der Waals surface area (Å²) in [5.41, 5.74) is 3.64. The Balaban J connectivity index is 1.97. The first-order valence-electron chi connectivity index (χ1n) is 7.03. The molecule has 3 aliphatic heterocycles. The SMILES string of the molecule is CC[N@@+]12C=NNC13NC=NC=C3N(Cl)CC2CCC(F)(F)F. The Hall–Kier alpha value is -1.48. The third-order valence-electron chi connectivity index (χ3n) is 4.60. The molecule has 0 aromatic rings. The van der Waals surface area contributed by atoms with Gasteiger partial charge in [-0.15, -0.1) is 5.10 Å². The Morgan fingerprint density at radius 2 is 2.32 bits per heavy atom. The molecule has 0 amide bonds. The average Bonchev–Trinajstić information content (AvgIpc) is 2.83. The van der Waals surface area contributed by atoms with Gasteiger partial charge in [0.1, 0.15) is 6.04 Å². The molecular weight excluding hydrogens is 321 g/mol. The summed E-state index contributed by atoms with van der Waals surface area (Å²) < 4.78 is 39.6. The zero-order valence-electron chi connectivity index (χ0n) is 11.9. The zero-order chi connectivity index (χ0) is 16.0. The Labute approximate surface area is 131 Å². The number of aliphatic imine (C=N–C) groups is 1. The molecule has 3 heterocycles. The van der Waals surface area contributed by atoms with Crippen LogP contribution in [0.15, 0.2) is 22.0 Å². The largest absolute Gasteiger partial charge is 0.389 e. The normalized spacial score (nSPS) is 36.3. The van der Waals surface area contributed by atoms with Crippen molar-refractivity contribution in [3.05, 3.63) is 11.9 Å². The summed E-state index contributed by atoms with van der Waals surface area (Å²) in [6.07, 6.45) is -0.283. The maximum Gasteiger partial charge on any atom is 0.389 e. The number of halogens is 4. The van der Waals surface area contributed by atoms with Crippen molar-refractivity contribution in [1.29, 1.82) is 0 Å². The van der Waals surface area contributed by atoms with E-state index < -0.39 is 18.4 Å². The number of hydrazone groups is 1. The van der Waals surface area contributed by atoms with Gasteiger partial charge in [-0.1, -0.05) is 0 Å². The first kappa shape index (κ1) is 15.4. The highest BCUT2D eigenvalue weighted by Crippen LogP contribution is 2.43. The van der Waals surface area contributed by atoms with Crippen molar-refractivity contribution in [3.8, 4) is 0 Å². The third kappa shape index (κ3) is 2.06. The monoisotopic (exact) mass is 337 g/mol. The molecule has 3 atom stereocenters. The summed E-state index contributed by atoms with van der Waals surface area (Å²) in [6, 6.07) is -0.348. The van der Waals surface area contributed by atoms with Gasteiger partial charge in [0.15, 0.2) is 5.70 Å². The number of rotatable bonds is 3. The van der Waals surface area contributed by atoms with Crippen molar-refractivity contribution in [2.75, 3.05) is 13.1 Å². The number of hydrogen-bond acceptors (Lipinski definition) is 5. The zero-order valence-corrected chi connectivity index (χ0v) is 12.7. The molecule has 0 aromatic heterocycles. The molecule has 1 spiro atoms. The van der Waals surface area contributed by atoms with Gasteiger partial charge in [-0.25, -0.2) is 14.9 Å². The highest BCUT2D eigenvalue weighted by Gasteiger charge is 2.65. The Bertz CT molecular complexity index is 547. The van der Waals surface area contributed by atoms with E-state index in [1.54, 1.807) is 12.5 Å². The van der Waals surface area contributed by atoms with Gasteiger partial charge in [0.25, 0.3) is 0 Å². The molecule has 2 unspecified atom stereocenters. The van der Waals surface area contributed by atoms with E-state index in [2.05, 4.69) is 20.8 Å². The minimum Gasteiger partial charge on any atom is -0.299 e. The third-order valence-corrected chi connectivity index (χ3v) is 4.92. The van der Waals surface area contributed by atoms with Crippen LogP contribution in [0, 0.1) is 0 Å². The molecule has 122 valence electrons. The second kappa shape index (κ2) is 5.02. The van der Waals surface area contributed by atoms with E-state index in [1.165, 1.54) is 10.8 Å². The quantitative estimate of drug-likeness (QED) is 0.608. The number of quaternary nitrogens is 1. The number of hydrogen-bond donors (Lipinski definition) is 2. The van der Waals surface area contributed by atoms with E-state index in [0.717, 1.165) is 0 Å². The highest BCUT2D eigenvalue weighted by atomic mass is 35.5. The van der Waals surface area contributed by atoms with E-state index in [9.17, 15) is 13.2 Å². The number of nitrogens with one attached hydrogen (secondary N) is 2. The fraction of sp³-hybridized carbons (Fsp3) is 0.667. The molecule has 2 N–H and O–H groups in total. The first-order chi connectivity index (χ1) is 10.3. The van der Waals surface area contributed by atoms with Gasteiger partial charge in [0, 0.05) is 24.6 Å². The molecule has 22 heavy (non-hydrogen) atoms. The van der Waals surface area contributed by atoms with Gasteiger partial charge in [0.2, 0.25) is 6.34 Å². The minimum absolute atomic E-state index is 0.0257. The van der Waals surface area contributed by atoms with Crippen LogP contribution in [0.2, 0.25) is 0 Å². The van der Waals surface area contributed by atoms with Gasteiger partial charge < -0.3 is 0 Å². The predicted molar refractivity (Wildman–Crippen MR) is 76.5 cm³/mol. The molecule has 6 nitrogen and oxygen atoms in total. The van der Waals surface area contributed by atoms with Crippen molar-refractivity contribution in [2.45, 2.75) is 37.8 Å². The molecule has 0 bridgehead atoms. The van der Waals surface area contributed by atoms with Gasteiger partial charge in [-0.3, -0.25) is 9.74 Å². The lowest BCUT2D eigenvalue weighted by molar-refractivity contribution is -0.912. The maximum atomic E-state index is 12.7. The topological polar surface area (TPSA) is 52.0 Å². The summed E-state index contributed by atoms with van der Waals surface area (Å²) >= 11 is 6.28. The number of likely N-dealkylation sites (N-methyl/N-ethyl adjacent to an activating group) is 1. The lowest BCUT2D eigenvalue weighted by Gasteiger charge is -2.55. The lowest BCUT2D eigenvalue weighted by atomic mass is 9.97. The van der Waals surface area contributed by atoms with Crippen LogP contribution in [0.5, 0.6) is 0 Å². The fourth-order valence-corrected chi connectivity index (χ4v) is 3.82. The first-order valence-corrected chi connectivity index (χ1v) is 7.37. The molecule has 3 rings (SSSR count). The standard InChI is InChI=1S/C12H17ClF3N6/c1-2-22-8-19-20-12(22)10(5-17-7-18-12)21(13)6-9(22)3-4-11(14,15)16/h5,7-9,20H,2-4,6H2,1H3,(H,17,18)/q+1/t9?,12?,22-/m0/s1. The van der Waals surface area contributed by atoms with Crippen LogP contribution in [0.4, 0.5) is 13.2 Å². The van der Waals surface area contributed by atoms with Gasteiger partial charge in [0.05, 0.1) is 25.6 Å². The molecule has 1 saturated heterocycles. The smallest absolute Gasteiger partial charge is 0.299 e. The second-order valence-electron chi connectivity index (χ2n) is 5.60. The van der Waals surface area contributed by atoms with E-state index in [-0.39, 0.29) is 16.9 Å². The summed E-state index contributed by atoms with van der Waals surface area (Å²) in [7, 11) is 0. The molecule has 0 aliphatic carbocycles. The Morgan fingerprint density at radius 1 is 1.55 bits per heavy atom. The molecule has 10 heteroatoms. The number of nitrogens with zero attached hydrogens (tertiary/aromatic N) is 4. The van der Waals surface area contributed by atoms with Gasteiger partial charge in [-0.2, -0.15) is 13.2 Å². The van der Waals surface area contributed by atoms with Crippen LogP contribution < -0.4 is 10.7 Å². The van der Waals surface area contributed by atoms with E-state index in [1.807, 2.05) is 6.92 Å². The van der Waals surface area contributed by atoms with Crippen molar-refractivity contribution < 1.29 is 17.7 Å². The van der Waals surface area contributed by atoms with Gasteiger partial charge >= 0.3 is 12.0 Å². The van der Waals surface area contributed by atoms with Crippen LogP contribution in [-0.4, -0.2) is 52.7 Å². The molecule has 0 radical (unpaired) electrons. The van der Waals surface area contributed by atoms with Crippen LogP contribution >= 0.6 is 11.8 Å². The van der Waals surface area contributed by atoms with Crippen molar-refractivity contribution in [2.24, 2.45) is 10.1 Å². The van der Waals surface area contributed by atoms with Crippen LogP contribution in [0.1, 0.15) is 19.8 Å². The number of alkyl halides is 3.